The SMILES string of the molecule is Brc1cccc(N=NC2=NCCS2)c1. The van der Waals surface area contributed by atoms with Gasteiger partial charge in [0.1, 0.15) is 0 Å². The van der Waals surface area contributed by atoms with Crippen molar-refractivity contribution in [1.82, 2.24) is 0 Å². The Morgan fingerprint density at radius 1 is 1.36 bits per heavy atom. The Bertz CT molecular complexity index is 389. The van der Waals surface area contributed by atoms with Gasteiger partial charge in [0, 0.05) is 10.2 Å². The molecule has 0 saturated carbocycles. The highest BCUT2D eigenvalue weighted by molar-refractivity contribution is 9.10. The molecule has 0 saturated heterocycles. The molecule has 72 valence electrons. The normalized spacial score (nSPS) is 16.2. The van der Waals surface area contributed by atoms with E-state index in [1.165, 1.54) is 0 Å². The summed E-state index contributed by atoms with van der Waals surface area (Å²) in [6.07, 6.45) is 0. The first-order valence-corrected chi connectivity index (χ1v) is 5.97. The third kappa shape index (κ3) is 2.65. The number of hydrogen-bond donors (Lipinski definition) is 0. The number of azo groups is 1. The Morgan fingerprint density at radius 3 is 3.00 bits per heavy atom. The summed E-state index contributed by atoms with van der Waals surface area (Å²) in [5.41, 5.74) is 0.842. The molecule has 3 nitrogen and oxygen atoms in total. The zero-order valence-electron chi connectivity index (χ0n) is 7.35. The molecule has 0 spiro atoms. The highest BCUT2D eigenvalue weighted by Gasteiger charge is 2.04. The van der Waals surface area contributed by atoms with Crippen LogP contribution in [0.4, 0.5) is 5.69 Å². The van der Waals surface area contributed by atoms with Crippen LogP contribution in [-0.4, -0.2) is 17.5 Å². The minimum Gasteiger partial charge on any atom is -0.258 e. The van der Waals surface area contributed by atoms with E-state index in [4.69, 9.17) is 0 Å². The molecule has 0 atom stereocenters. The van der Waals surface area contributed by atoms with Crippen molar-refractivity contribution in [3.8, 4) is 0 Å². The first kappa shape index (κ1) is 9.86. The molecular weight excluding hydrogens is 262 g/mol. The van der Waals surface area contributed by atoms with Crippen molar-refractivity contribution in [2.45, 2.75) is 0 Å². The topological polar surface area (TPSA) is 37.1 Å². The van der Waals surface area contributed by atoms with Crippen molar-refractivity contribution in [1.29, 1.82) is 0 Å². The van der Waals surface area contributed by atoms with Crippen LogP contribution >= 0.6 is 27.7 Å². The van der Waals surface area contributed by atoms with E-state index >= 15 is 0 Å². The number of amidine groups is 1. The van der Waals surface area contributed by atoms with Crippen LogP contribution in [0.5, 0.6) is 0 Å². The lowest BCUT2D eigenvalue weighted by Gasteiger charge is -1.92. The summed E-state index contributed by atoms with van der Waals surface area (Å²) < 4.78 is 1.01. The molecule has 0 aliphatic carbocycles. The first-order valence-electron chi connectivity index (χ1n) is 4.19. The Labute approximate surface area is 94.9 Å². The lowest BCUT2D eigenvalue weighted by atomic mass is 10.3. The second-order valence-electron chi connectivity index (χ2n) is 2.69. The van der Waals surface area contributed by atoms with Gasteiger partial charge in [0.05, 0.1) is 12.2 Å². The molecule has 0 radical (unpaired) electrons. The van der Waals surface area contributed by atoms with Gasteiger partial charge in [-0.25, -0.2) is 0 Å². The number of benzene rings is 1. The zero-order valence-corrected chi connectivity index (χ0v) is 9.75. The lowest BCUT2D eigenvalue weighted by molar-refractivity contribution is 1.16. The minimum absolute atomic E-state index is 0.782. The van der Waals surface area contributed by atoms with Gasteiger partial charge < -0.3 is 0 Å². The molecule has 5 heteroatoms. The van der Waals surface area contributed by atoms with Gasteiger partial charge in [-0.1, -0.05) is 33.8 Å². The van der Waals surface area contributed by atoms with E-state index in [-0.39, 0.29) is 0 Å². The molecule has 1 aromatic rings. The molecular formula is C9H8BrN3S. The fourth-order valence-electron chi connectivity index (χ4n) is 1.02. The summed E-state index contributed by atoms with van der Waals surface area (Å²) >= 11 is 5.02. The lowest BCUT2D eigenvalue weighted by Crippen LogP contribution is -1.76. The fourth-order valence-corrected chi connectivity index (χ4v) is 2.06. The maximum atomic E-state index is 4.18. The molecule has 1 aliphatic heterocycles. The molecule has 14 heavy (non-hydrogen) atoms. The molecule has 1 aromatic carbocycles. The number of aliphatic imine (C=N–C) groups is 1. The first-order chi connectivity index (χ1) is 6.84. The molecule has 0 bridgehead atoms. The minimum atomic E-state index is 0.782. The third-order valence-electron chi connectivity index (χ3n) is 1.63. The predicted octanol–water partition coefficient (Wildman–Crippen LogP) is 3.64. The summed E-state index contributed by atoms with van der Waals surface area (Å²) in [7, 11) is 0. The van der Waals surface area contributed by atoms with Crippen molar-refractivity contribution in [2.24, 2.45) is 15.2 Å². The second kappa shape index (κ2) is 4.70. The Balaban J connectivity index is 2.09. The number of nitrogens with zero attached hydrogens (tertiary/aromatic N) is 3. The molecule has 0 fully saturated rings. The smallest absolute Gasteiger partial charge is 0.204 e. The van der Waals surface area contributed by atoms with Gasteiger partial charge in [0.25, 0.3) is 0 Å². The van der Waals surface area contributed by atoms with Crippen LogP contribution in [0.3, 0.4) is 0 Å². The standard InChI is InChI=1S/C9H8BrN3S/c10-7-2-1-3-8(6-7)12-13-9-11-4-5-14-9/h1-3,6H,4-5H2. The van der Waals surface area contributed by atoms with Gasteiger partial charge in [-0.3, -0.25) is 4.99 Å². The zero-order chi connectivity index (χ0) is 9.80. The molecule has 0 N–H and O–H groups in total. The predicted molar refractivity (Wildman–Crippen MR) is 63.4 cm³/mol. The van der Waals surface area contributed by atoms with Crippen LogP contribution < -0.4 is 0 Å². The van der Waals surface area contributed by atoms with E-state index < -0.39 is 0 Å². The van der Waals surface area contributed by atoms with Gasteiger partial charge >= 0.3 is 0 Å². The van der Waals surface area contributed by atoms with E-state index in [1.54, 1.807) is 11.8 Å². The quantitative estimate of drug-likeness (QED) is 0.718. The van der Waals surface area contributed by atoms with E-state index in [2.05, 4.69) is 31.2 Å². The van der Waals surface area contributed by atoms with Crippen LogP contribution in [0.25, 0.3) is 0 Å². The van der Waals surface area contributed by atoms with Crippen molar-refractivity contribution >= 4 is 38.5 Å². The molecule has 1 heterocycles. The average Bonchev–Trinajstić information content (AvgIpc) is 2.67. The summed E-state index contributed by atoms with van der Waals surface area (Å²) in [4.78, 5) is 4.18. The molecule has 1 aliphatic rings. The molecule has 0 aromatic heterocycles. The maximum absolute atomic E-state index is 4.18. The van der Waals surface area contributed by atoms with Crippen molar-refractivity contribution in [3.63, 3.8) is 0 Å². The number of hydrogen-bond acceptors (Lipinski definition) is 4. The van der Waals surface area contributed by atoms with Gasteiger partial charge in [-0.2, -0.15) is 0 Å². The molecule has 2 rings (SSSR count). The third-order valence-corrected chi connectivity index (χ3v) is 2.98. The van der Waals surface area contributed by atoms with Crippen molar-refractivity contribution < 1.29 is 0 Å². The maximum Gasteiger partial charge on any atom is 0.204 e. The largest absolute Gasteiger partial charge is 0.258 e. The van der Waals surface area contributed by atoms with E-state index in [1.807, 2.05) is 24.3 Å². The Kier molecular flexibility index (Phi) is 3.31. The van der Waals surface area contributed by atoms with Crippen LogP contribution in [-0.2, 0) is 0 Å². The summed E-state index contributed by atoms with van der Waals surface area (Å²) in [6.45, 7) is 0.859. The Hall–Kier alpha value is -0.680. The van der Waals surface area contributed by atoms with Crippen LogP contribution in [0, 0.1) is 0 Å². The number of thioether (sulfide) groups is 1. The molecule has 0 unspecified atom stereocenters. The van der Waals surface area contributed by atoms with Crippen LogP contribution in [0.1, 0.15) is 0 Å². The highest BCUT2D eigenvalue weighted by atomic mass is 79.9. The van der Waals surface area contributed by atoms with Crippen LogP contribution in [0.2, 0.25) is 0 Å². The summed E-state index contributed by atoms with van der Waals surface area (Å²) in [5, 5.41) is 8.93. The van der Waals surface area contributed by atoms with E-state index in [0.717, 1.165) is 27.6 Å². The van der Waals surface area contributed by atoms with E-state index in [9.17, 15) is 0 Å². The van der Waals surface area contributed by atoms with Gasteiger partial charge in [-0.05, 0) is 18.2 Å². The monoisotopic (exact) mass is 269 g/mol. The fraction of sp³-hybridized carbons (Fsp3) is 0.222. The number of halogens is 1. The van der Waals surface area contributed by atoms with Gasteiger partial charge in [0.2, 0.25) is 5.17 Å². The van der Waals surface area contributed by atoms with Gasteiger partial charge in [0.15, 0.2) is 0 Å². The Morgan fingerprint density at radius 2 is 2.29 bits per heavy atom. The van der Waals surface area contributed by atoms with Crippen molar-refractivity contribution in [2.75, 3.05) is 12.3 Å². The summed E-state index contributed by atoms with van der Waals surface area (Å²) in [5.74, 6) is 1.02. The second-order valence-corrected chi connectivity index (χ2v) is 4.67. The highest BCUT2D eigenvalue weighted by Crippen LogP contribution is 2.20. The van der Waals surface area contributed by atoms with E-state index in [0.29, 0.717) is 0 Å². The summed E-state index contributed by atoms with van der Waals surface area (Å²) in [6, 6.07) is 7.72. The number of rotatable bonds is 1. The van der Waals surface area contributed by atoms with Crippen LogP contribution in [0.15, 0.2) is 44.0 Å². The van der Waals surface area contributed by atoms with Crippen molar-refractivity contribution in [3.05, 3.63) is 28.7 Å². The average molecular weight is 270 g/mol. The van der Waals surface area contributed by atoms with Gasteiger partial charge in [-0.15, -0.1) is 10.2 Å². The molecule has 0 amide bonds.